The van der Waals surface area contributed by atoms with Gasteiger partial charge in [0.15, 0.2) is 0 Å². The van der Waals surface area contributed by atoms with Gasteiger partial charge in [0.05, 0.1) is 23.9 Å². The monoisotopic (exact) mass is 279 g/mol. The molecule has 5 heteroatoms. The van der Waals surface area contributed by atoms with Crippen LogP contribution in [-0.4, -0.2) is 21.6 Å². The van der Waals surface area contributed by atoms with Crippen LogP contribution in [0.15, 0.2) is 24.3 Å². The molecule has 4 nitrogen and oxygen atoms in total. The number of rotatable bonds is 6. The van der Waals surface area contributed by atoms with E-state index in [1.165, 1.54) is 0 Å². The molecule has 0 saturated carbocycles. The average molecular weight is 280 g/mol. The van der Waals surface area contributed by atoms with E-state index in [1.54, 1.807) is 0 Å². The van der Waals surface area contributed by atoms with Crippen LogP contribution < -0.4 is 4.74 Å². The highest BCUT2D eigenvalue weighted by Gasteiger charge is 2.12. The van der Waals surface area contributed by atoms with Gasteiger partial charge in [-0.1, -0.05) is 18.6 Å². The third kappa shape index (κ3) is 3.07. The highest BCUT2D eigenvalue weighted by Crippen LogP contribution is 2.19. The summed E-state index contributed by atoms with van der Waals surface area (Å²) < 4.78 is 7.29. The summed E-state index contributed by atoms with van der Waals surface area (Å²) in [6.45, 7) is 4.77. The molecule has 0 unspecified atom stereocenters. The molecular weight excluding hydrogens is 262 g/mol. The normalized spacial score (nSPS) is 10.7. The predicted octanol–water partition coefficient (Wildman–Crippen LogP) is 3.36. The first-order chi connectivity index (χ1) is 9.30. The number of hydrogen-bond donors (Lipinski definition) is 0. The Morgan fingerprint density at radius 1 is 1.21 bits per heavy atom. The molecular formula is C14H18ClN3O. The molecule has 0 atom stereocenters. The van der Waals surface area contributed by atoms with Crippen molar-refractivity contribution in [1.29, 1.82) is 0 Å². The number of nitrogens with zero attached hydrogens (tertiary/aromatic N) is 3. The molecule has 0 fully saturated rings. The third-order valence-electron chi connectivity index (χ3n) is 2.85. The zero-order chi connectivity index (χ0) is 13.7. The van der Waals surface area contributed by atoms with E-state index in [2.05, 4.69) is 17.2 Å². The molecule has 19 heavy (non-hydrogen) atoms. The summed E-state index contributed by atoms with van der Waals surface area (Å²) in [4.78, 5) is 0. The van der Waals surface area contributed by atoms with Crippen LogP contribution in [0.5, 0.6) is 5.75 Å². The van der Waals surface area contributed by atoms with Gasteiger partial charge in [0.2, 0.25) is 0 Å². The largest absolute Gasteiger partial charge is 0.494 e. The average Bonchev–Trinajstić information content (AvgIpc) is 2.83. The van der Waals surface area contributed by atoms with Crippen molar-refractivity contribution in [2.24, 2.45) is 0 Å². The van der Waals surface area contributed by atoms with Crippen LogP contribution in [0.3, 0.4) is 0 Å². The van der Waals surface area contributed by atoms with Crippen LogP contribution in [0.2, 0.25) is 0 Å². The number of hydrogen-bond acceptors (Lipinski definition) is 3. The van der Waals surface area contributed by atoms with Gasteiger partial charge in [-0.3, -0.25) is 0 Å². The molecule has 0 aliphatic heterocycles. The Morgan fingerprint density at radius 2 is 1.95 bits per heavy atom. The summed E-state index contributed by atoms with van der Waals surface area (Å²) in [6, 6.07) is 7.85. The van der Waals surface area contributed by atoms with Crippen LogP contribution in [0.4, 0.5) is 0 Å². The number of aromatic nitrogens is 3. The summed E-state index contributed by atoms with van der Waals surface area (Å²) in [5.41, 5.74) is 2.93. The zero-order valence-corrected chi connectivity index (χ0v) is 12.0. The zero-order valence-electron chi connectivity index (χ0n) is 11.3. The summed E-state index contributed by atoms with van der Waals surface area (Å²) in [5.74, 6) is 1.26. The Morgan fingerprint density at radius 3 is 2.53 bits per heavy atom. The van der Waals surface area contributed by atoms with Crippen molar-refractivity contribution in [2.45, 2.75) is 32.6 Å². The topological polar surface area (TPSA) is 39.9 Å². The van der Waals surface area contributed by atoms with Crippen LogP contribution in [0.25, 0.3) is 5.69 Å². The standard InChI is InChI=1S/C14H18ClN3O/c1-3-5-14-13(10-15)16-17-18(14)11-6-8-12(9-7-11)19-4-2/h6-9H,3-5,10H2,1-2H3. The number of alkyl halides is 1. The van der Waals surface area contributed by atoms with Gasteiger partial charge < -0.3 is 4.74 Å². The number of halogens is 1. The maximum absolute atomic E-state index is 5.90. The van der Waals surface area contributed by atoms with E-state index < -0.39 is 0 Å². The van der Waals surface area contributed by atoms with Crippen molar-refractivity contribution in [1.82, 2.24) is 15.0 Å². The van der Waals surface area contributed by atoms with Gasteiger partial charge in [0, 0.05) is 0 Å². The van der Waals surface area contributed by atoms with E-state index in [4.69, 9.17) is 16.3 Å². The minimum Gasteiger partial charge on any atom is -0.494 e. The minimum atomic E-state index is 0.395. The summed E-state index contributed by atoms with van der Waals surface area (Å²) in [7, 11) is 0. The van der Waals surface area contributed by atoms with Crippen LogP contribution in [-0.2, 0) is 12.3 Å². The first kappa shape index (κ1) is 13.9. The lowest BCUT2D eigenvalue weighted by Gasteiger charge is -2.08. The molecule has 0 aliphatic rings. The Kier molecular flexibility index (Phi) is 4.80. The Labute approximate surface area is 118 Å². The van der Waals surface area contributed by atoms with Crippen LogP contribution >= 0.6 is 11.6 Å². The van der Waals surface area contributed by atoms with E-state index in [0.717, 1.165) is 35.7 Å². The molecule has 1 heterocycles. The van der Waals surface area contributed by atoms with Gasteiger partial charge in [0.25, 0.3) is 0 Å². The van der Waals surface area contributed by atoms with E-state index in [9.17, 15) is 0 Å². The second-order valence-electron chi connectivity index (χ2n) is 4.21. The fraction of sp³-hybridized carbons (Fsp3) is 0.429. The van der Waals surface area contributed by atoms with Crippen molar-refractivity contribution in [3.05, 3.63) is 35.7 Å². The summed E-state index contributed by atoms with van der Waals surface area (Å²) in [5, 5.41) is 8.33. The Balaban J connectivity index is 2.32. The van der Waals surface area contributed by atoms with Crippen LogP contribution in [0.1, 0.15) is 31.7 Å². The van der Waals surface area contributed by atoms with E-state index >= 15 is 0 Å². The third-order valence-corrected chi connectivity index (χ3v) is 3.10. The van der Waals surface area contributed by atoms with Crippen LogP contribution in [0, 0.1) is 0 Å². The molecule has 0 amide bonds. The summed E-state index contributed by atoms with van der Waals surface area (Å²) >= 11 is 5.90. The Bertz CT molecular complexity index is 522. The van der Waals surface area contributed by atoms with Gasteiger partial charge in [-0.05, 0) is 37.6 Å². The number of benzene rings is 1. The van der Waals surface area contributed by atoms with E-state index in [1.807, 2.05) is 35.9 Å². The van der Waals surface area contributed by atoms with Gasteiger partial charge in [-0.2, -0.15) is 0 Å². The highest BCUT2D eigenvalue weighted by atomic mass is 35.5. The molecule has 102 valence electrons. The molecule has 0 N–H and O–H groups in total. The van der Waals surface area contributed by atoms with Crippen molar-refractivity contribution in [2.75, 3.05) is 6.61 Å². The van der Waals surface area contributed by atoms with Gasteiger partial charge in [-0.25, -0.2) is 4.68 Å². The maximum atomic E-state index is 5.90. The molecule has 2 aromatic rings. The fourth-order valence-corrected chi connectivity index (χ4v) is 2.19. The highest BCUT2D eigenvalue weighted by molar-refractivity contribution is 6.16. The lowest BCUT2D eigenvalue weighted by molar-refractivity contribution is 0.340. The van der Waals surface area contributed by atoms with Crippen molar-refractivity contribution in [3.8, 4) is 11.4 Å². The molecule has 1 aromatic carbocycles. The van der Waals surface area contributed by atoms with E-state index in [-0.39, 0.29) is 0 Å². The first-order valence-corrected chi connectivity index (χ1v) is 7.06. The van der Waals surface area contributed by atoms with Gasteiger partial charge >= 0.3 is 0 Å². The maximum Gasteiger partial charge on any atom is 0.119 e. The lowest BCUT2D eigenvalue weighted by Crippen LogP contribution is -2.03. The smallest absolute Gasteiger partial charge is 0.119 e. The molecule has 0 saturated heterocycles. The molecule has 0 aliphatic carbocycles. The molecule has 1 aromatic heterocycles. The summed E-state index contributed by atoms with van der Waals surface area (Å²) in [6.07, 6.45) is 1.95. The lowest BCUT2D eigenvalue weighted by atomic mass is 10.2. The van der Waals surface area contributed by atoms with Crippen molar-refractivity contribution < 1.29 is 4.74 Å². The fourth-order valence-electron chi connectivity index (χ4n) is 1.98. The molecule has 2 rings (SSSR count). The minimum absolute atomic E-state index is 0.395. The quantitative estimate of drug-likeness (QED) is 0.761. The van der Waals surface area contributed by atoms with Gasteiger partial charge in [-0.15, -0.1) is 16.7 Å². The SMILES string of the molecule is CCCc1c(CCl)nnn1-c1ccc(OCC)cc1. The van der Waals surface area contributed by atoms with E-state index in [0.29, 0.717) is 12.5 Å². The molecule has 0 spiro atoms. The first-order valence-electron chi connectivity index (χ1n) is 6.52. The second-order valence-corrected chi connectivity index (χ2v) is 4.47. The number of ether oxygens (including phenoxy) is 1. The molecule has 0 radical (unpaired) electrons. The van der Waals surface area contributed by atoms with Crippen molar-refractivity contribution >= 4 is 11.6 Å². The molecule has 0 bridgehead atoms. The van der Waals surface area contributed by atoms with Crippen molar-refractivity contribution in [3.63, 3.8) is 0 Å². The predicted molar refractivity (Wildman–Crippen MR) is 76.1 cm³/mol. The Hall–Kier alpha value is -1.55. The second kappa shape index (κ2) is 6.57. The van der Waals surface area contributed by atoms with Gasteiger partial charge in [0.1, 0.15) is 11.4 Å².